The van der Waals surface area contributed by atoms with Gasteiger partial charge in [-0.3, -0.25) is 4.68 Å². The summed E-state index contributed by atoms with van der Waals surface area (Å²) < 4.78 is 19.4. The van der Waals surface area contributed by atoms with Crippen LogP contribution in [0, 0.1) is 11.3 Å². The van der Waals surface area contributed by atoms with E-state index in [1.807, 2.05) is 38.6 Å². The summed E-state index contributed by atoms with van der Waals surface area (Å²) in [6, 6.07) is 2.28. The summed E-state index contributed by atoms with van der Waals surface area (Å²) in [6.45, 7) is 8.13. The monoisotopic (exact) mass is 317 g/mol. The molecule has 23 heavy (non-hydrogen) atoms. The highest BCUT2D eigenvalue weighted by atomic mass is 16.7. The van der Waals surface area contributed by atoms with Crippen molar-refractivity contribution in [2.45, 2.75) is 69.8 Å². The lowest BCUT2D eigenvalue weighted by molar-refractivity contribution is -0.0541. The molecule has 2 heterocycles. The van der Waals surface area contributed by atoms with Crippen molar-refractivity contribution in [1.29, 1.82) is 5.26 Å². The van der Waals surface area contributed by atoms with Gasteiger partial charge in [0, 0.05) is 25.0 Å². The third-order valence-electron chi connectivity index (χ3n) is 5.57. The zero-order valence-corrected chi connectivity index (χ0v) is 14.5. The number of nitriles is 1. The molecule has 2 aliphatic rings. The number of ether oxygens (including phenoxy) is 1. The second-order valence-corrected chi connectivity index (χ2v) is 7.63. The van der Waals surface area contributed by atoms with Crippen molar-refractivity contribution in [3.63, 3.8) is 0 Å². The van der Waals surface area contributed by atoms with Crippen LogP contribution in [0.2, 0.25) is 0 Å². The number of hydrogen-bond acceptors (Lipinski definition) is 5. The van der Waals surface area contributed by atoms with Crippen molar-refractivity contribution in [2.75, 3.05) is 7.11 Å². The maximum atomic E-state index is 9.16. The molecule has 0 atom stereocenters. The Morgan fingerprint density at radius 2 is 1.96 bits per heavy atom. The van der Waals surface area contributed by atoms with Crippen molar-refractivity contribution in [3.8, 4) is 6.07 Å². The highest BCUT2D eigenvalue weighted by Gasteiger charge is 2.53. The molecule has 1 aliphatic carbocycles. The van der Waals surface area contributed by atoms with Gasteiger partial charge in [-0.05, 0) is 40.5 Å². The zero-order chi connectivity index (χ0) is 16.9. The normalized spacial score (nSPS) is 31.7. The van der Waals surface area contributed by atoms with Crippen molar-refractivity contribution >= 4 is 12.6 Å². The van der Waals surface area contributed by atoms with E-state index in [1.165, 1.54) is 0 Å². The second-order valence-electron chi connectivity index (χ2n) is 7.63. The molecule has 0 amide bonds. The fraction of sp³-hybridized carbons (Fsp3) is 0.750. The van der Waals surface area contributed by atoms with Gasteiger partial charge in [0.2, 0.25) is 0 Å². The third kappa shape index (κ3) is 2.59. The van der Waals surface area contributed by atoms with Gasteiger partial charge in [-0.25, -0.2) is 0 Å². The summed E-state index contributed by atoms with van der Waals surface area (Å²) in [4.78, 5) is 0. The molecule has 1 aromatic rings. The largest absolute Gasteiger partial charge is 0.498 e. The lowest BCUT2D eigenvalue weighted by atomic mass is 9.72. The van der Waals surface area contributed by atoms with Crippen molar-refractivity contribution in [2.24, 2.45) is 0 Å². The third-order valence-corrected chi connectivity index (χ3v) is 5.57. The smallest absolute Gasteiger partial charge is 0.399 e. The van der Waals surface area contributed by atoms with Crippen molar-refractivity contribution < 1.29 is 14.0 Å². The Morgan fingerprint density at radius 1 is 1.35 bits per heavy atom. The highest BCUT2D eigenvalue weighted by Crippen LogP contribution is 2.43. The van der Waals surface area contributed by atoms with Crippen molar-refractivity contribution in [1.82, 2.24) is 9.78 Å². The first-order valence-corrected chi connectivity index (χ1v) is 8.03. The molecule has 1 saturated heterocycles. The summed E-state index contributed by atoms with van der Waals surface area (Å²) in [6.07, 6.45) is 5.97. The first-order valence-electron chi connectivity index (χ1n) is 8.03. The summed E-state index contributed by atoms with van der Waals surface area (Å²) in [5.74, 6) is 0. The standard InChI is InChI=1S/C16H24BN3O3/c1-14(2)15(3,4)23-17(22-14)12-10-19-20(11-12)16(6-7-18)8-13(9-16)21-5/h10-11,13H,6,8-9H2,1-5H3/t13-,16+. The molecule has 0 unspecified atom stereocenters. The van der Waals surface area contributed by atoms with Crippen LogP contribution in [0.4, 0.5) is 0 Å². The van der Waals surface area contributed by atoms with Gasteiger partial charge in [-0.1, -0.05) is 0 Å². The van der Waals surface area contributed by atoms with E-state index in [-0.39, 0.29) is 22.8 Å². The van der Waals surface area contributed by atoms with Crippen LogP contribution in [-0.2, 0) is 19.6 Å². The van der Waals surface area contributed by atoms with Gasteiger partial charge in [0.1, 0.15) is 0 Å². The summed E-state index contributed by atoms with van der Waals surface area (Å²) in [5.41, 5.74) is -0.123. The molecular formula is C16H24BN3O3. The van der Waals surface area contributed by atoms with E-state index in [4.69, 9.17) is 19.3 Å². The lowest BCUT2D eigenvalue weighted by Crippen LogP contribution is -2.50. The lowest BCUT2D eigenvalue weighted by Gasteiger charge is -2.45. The maximum Gasteiger partial charge on any atom is 0.498 e. The van der Waals surface area contributed by atoms with Crippen LogP contribution in [0.5, 0.6) is 0 Å². The Kier molecular flexibility index (Phi) is 3.83. The number of hydrogen-bond donors (Lipinski definition) is 0. The predicted octanol–water partition coefficient (Wildman–Crippen LogP) is 1.60. The Morgan fingerprint density at radius 3 is 2.48 bits per heavy atom. The number of rotatable bonds is 4. The van der Waals surface area contributed by atoms with Crippen LogP contribution in [0.15, 0.2) is 12.4 Å². The predicted molar refractivity (Wildman–Crippen MR) is 86.2 cm³/mol. The van der Waals surface area contributed by atoms with Gasteiger partial charge < -0.3 is 14.0 Å². The Balaban J connectivity index is 1.80. The molecule has 1 aliphatic heterocycles. The topological polar surface area (TPSA) is 69.3 Å². The minimum atomic E-state index is -0.425. The summed E-state index contributed by atoms with van der Waals surface area (Å²) in [7, 11) is 1.28. The molecule has 0 N–H and O–H groups in total. The number of nitrogens with zero attached hydrogens (tertiary/aromatic N) is 3. The second kappa shape index (κ2) is 5.33. The molecule has 3 rings (SSSR count). The molecular weight excluding hydrogens is 293 g/mol. The van der Waals surface area contributed by atoms with E-state index in [0.717, 1.165) is 18.3 Å². The molecule has 0 spiro atoms. The van der Waals surface area contributed by atoms with Gasteiger partial charge in [-0.15, -0.1) is 0 Å². The molecule has 6 nitrogen and oxygen atoms in total. The molecule has 0 aromatic carbocycles. The van der Waals surface area contributed by atoms with Crippen LogP contribution < -0.4 is 5.46 Å². The minimum Gasteiger partial charge on any atom is -0.399 e. The average Bonchev–Trinajstić information content (AvgIpc) is 2.97. The van der Waals surface area contributed by atoms with Gasteiger partial charge in [0.25, 0.3) is 0 Å². The van der Waals surface area contributed by atoms with Crippen LogP contribution in [-0.4, -0.2) is 41.3 Å². The molecule has 1 saturated carbocycles. The SMILES string of the molecule is CO[C@H]1C[C@@](CC#N)(n2cc(B3OC(C)(C)C(C)(C)O3)cn2)C1. The average molecular weight is 317 g/mol. The van der Waals surface area contributed by atoms with E-state index in [2.05, 4.69) is 11.2 Å². The van der Waals surface area contributed by atoms with Crippen LogP contribution >= 0.6 is 0 Å². The number of aromatic nitrogens is 2. The Bertz CT molecular complexity index is 613. The summed E-state index contributed by atoms with van der Waals surface area (Å²) >= 11 is 0. The Labute approximate surface area is 137 Å². The van der Waals surface area contributed by atoms with Gasteiger partial charge in [-0.2, -0.15) is 10.4 Å². The fourth-order valence-corrected chi connectivity index (χ4v) is 3.21. The summed E-state index contributed by atoms with van der Waals surface area (Å²) in [5, 5.41) is 13.6. The molecule has 0 bridgehead atoms. The van der Waals surface area contributed by atoms with Gasteiger partial charge in [0.05, 0.1) is 35.3 Å². The van der Waals surface area contributed by atoms with Crippen molar-refractivity contribution in [3.05, 3.63) is 12.4 Å². The van der Waals surface area contributed by atoms with E-state index >= 15 is 0 Å². The molecule has 0 radical (unpaired) electrons. The van der Waals surface area contributed by atoms with E-state index in [1.54, 1.807) is 13.3 Å². The first-order chi connectivity index (χ1) is 10.7. The number of methoxy groups -OCH3 is 1. The maximum absolute atomic E-state index is 9.16. The molecule has 2 fully saturated rings. The molecule has 124 valence electrons. The minimum absolute atomic E-state index is 0.202. The van der Waals surface area contributed by atoms with Crippen LogP contribution in [0.1, 0.15) is 47.0 Å². The zero-order valence-electron chi connectivity index (χ0n) is 14.5. The van der Waals surface area contributed by atoms with E-state index < -0.39 is 7.12 Å². The van der Waals surface area contributed by atoms with E-state index in [0.29, 0.717) is 6.42 Å². The van der Waals surface area contributed by atoms with Gasteiger partial charge >= 0.3 is 7.12 Å². The highest BCUT2D eigenvalue weighted by molar-refractivity contribution is 6.62. The van der Waals surface area contributed by atoms with Gasteiger partial charge in [0.15, 0.2) is 0 Å². The van der Waals surface area contributed by atoms with Crippen LogP contribution in [0.25, 0.3) is 0 Å². The van der Waals surface area contributed by atoms with Crippen LogP contribution in [0.3, 0.4) is 0 Å². The fourth-order valence-electron chi connectivity index (χ4n) is 3.21. The quantitative estimate of drug-likeness (QED) is 0.789. The molecule has 7 heteroatoms. The molecule has 1 aromatic heterocycles. The van der Waals surface area contributed by atoms with E-state index in [9.17, 15) is 0 Å². The Hall–Kier alpha value is -1.36. The first kappa shape index (κ1) is 16.5.